The minimum atomic E-state index is -1.26. The van der Waals surface area contributed by atoms with Gasteiger partial charge in [0.1, 0.15) is 12.1 Å². The highest BCUT2D eigenvalue weighted by Crippen LogP contribution is 2.40. The number of halogens is 2. The zero-order chi connectivity index (χ0) is 28.2. The fraction of sp³-hybridized carbons (Fsp3) is 0.207. The van der Waals surface area contributed by atoms with Crippen LogP contribution in [0.4, 0.5) is 16.2 Å². The number of fused-ring (bicyclic) bond motifs is 1. The van der Waals surface area contributed by atoms with E-state index in [9.17, 15) is 14.4 Å². The van der Waals surface area contributed by atoms with Gasteiger partial charge in [0.2, 0.25) is 0 Å². The van der Waals surface area contributed by atoms with E-state index in [1.165, 1.54) is 6.92 Å². The molecular weight excluding hydrogens is 539 g/mol. The molecule has 8 nitrogen and oxygen atoms in total. The highest BCUT2D eigenvalue weighted by Gasteiger charge is 2.43. The van der Waals surface area contributed by atoms with E-state index in [4.69, 9.17) is 27.9 Å². The lowest BCUT2D eigenvalue weighted by atomic mass is 9.85. The number of anilines is 2. The average molecular weight is 567 g/mol. The van der Waals surface area contributed by atoms with Crippen molar-refractivity contribution in [2.75, 3.05) is 24.2 Å². The summed E-state index contributed by atoms with van der Waals surface area (Å²) >= 11 is 12.7. The van der Waals surface area contributed by atoms with Crippen LogP contribution in [-0.4, -0.2) is 36.7 Å². The number of ketones is 2. The fourth-order valence-electron chi connectivity index (χ4n) is 4.35. The number of carbonyl (C=O) groups excluding carboxylic acids is 3. The molecule has 1 aliphatic heterocycles. The number of likely N-dealkylation sites (N-methyl/N-ethyl adjacent to an activating group) is 1. The van der Waals surface area contributed by atoms with Crippen molar-refractivity contribution in [2.24, 2.45) is 0 Å². The Bertz CT molecular complexity index is 1450. The van der Waals surface area contributed by atoms with Crippen molar-refractivity contribution in [1.29, 1.82) is 0 Å². The second kappa shape index (κ2) is 11.8. The van der Waals surface area contributed by atoms with E-state index in [1.807, 2.05) is 24.3 Å². The number of carbonyl (C=O) groups is 3. The molecule has 1 heterocycles. The second-order valence-electron chi connectivity index (χ2n) is 9.11. The summed E-state index contributed by atoms with van der Waals surface area (Å²) in [6.45, 7) is 2.97. The fourth-order valence-corrected chi connectivity index (χ4v) is 4.86. The molecule has 10 heteroatoms. The summed E-state index contributed by atoms with van der Waals surface area (Å²) in [5.74, 6) is 0.0297. The number of rotatable bonds is 9. The first-order valence-electron chi connectivity index (χ1n) is 12.2. The first-order valence-corrected chi connectivity index (χ1v) is 12.9. The van der Waals surface area contributed by atoms with Crippen molar-refractivity contribution < 1.29 is 19.1 Å². The number of nitrogens with one attached hydrogen (secondary N) is 4. The number of hydrogen-bond donors (Lipinski definition) is 4. The van der Waals surface area contributed by atoms with E-state index in [-0.39, 0.29) is 24.7 Å². The molecule has 0 radical (unpaired) electrons. The highest BCUT2D eigenvalue weighted by molar-refractivity contribution is 6.36. The van der Waals surface area contributed by atoms with Gasteiger partial charge >= 0.3 is 6.03 Å². The number of Topliss-reactive ketones (excluding diaryl/α,β-unsaturated/α-hetero) is 2. The Morgan fingerprint density at radius 2 is 1.67 bits per heavy atom. The molecule has 3 aromatic rings. The molecule has 1 atom stereocenters. The number of para-hydroxylation sites is 1. The van der Waals surface area contributed by atoms with Gasteiger partial charge in [0.05, 0.1) is 12.2 Å². The van der Waals surface area contributed by atoms with E-state index in [0.717, 1.165) is 5.56 Å². The maximum atomic E-state index is 13.6. The third-order valence-electron chi connectivity index (χ3n) is 6.45. The molecule has 0 spiro atoms. The minimum absolute atomic E-state index is 0.0810. The lowest BCUT2D eigenvalue weighted by Gasteiger charge is -2.39. The van der Waals surface area contributed by atoms with Crippen LogP contribution in [-0.2, 0) is 16.1 Å². The Morgan fingerprint density at radius 1 is 0.974 bits per heavy atom. The Labute approximate surface area is 236 Å². The van der Waals surface area contributed by atoms with Crippen LogP contribution in [0.3, 0.4) is 0 Å². The summed E-state index contributed by atoms with van der Waals surface area (Å²) in [6, 6.07) is 18.7. The number of benzene rings is 3. The van der Waals surface area contributed by atoms with E-state index in [0.29, 0.717) is 44.0 Å². The molecule has 4 N–H and O–H groups in total. The van der Waals surface area contributed by atoms with Gasteiger partial charge in [-0.2, -0.15) is 0 Å². The SMILES string of the molecule is CNC1=C(OCc2c(Cl)cccc2Cl)c2ccccc2NC1(C)C(=O)CNC(=O)Nc1cccc(C(C)=O)c1. The van der Waals surface area contributed by atoms with Gasteiger partial charge in [-0.3, -0.25) is 9.59 Å². The smallest absolute Gasteiger partial charge is 0.319 e. The third-order valence-corrected chi connectivity index (χ3v) is 7.16. The minimum Gasteiger partial charge on any atom is -0.486 e. The zero-order valence-corrected chi connectivity index (χ0v) is 23.2. The van der Waals surface area contributed by atoms with Crippen LogP contribution in [0.15, 0.2) is 72.4 Å². The van der Waals surface area contributed by atoms with Crippen molar-refractivity contribution in [3.8, 4) is 0 Å². The first-order chi connectivity index (χ1) is 18.6. The molecule has 0 saturated heterocycles. The molecule has 4 rings (SSSR count). The van der Waals surface area contributed by atoms with Gasteiger partial charge in [0, 0.05) is 45.2 Å². The molecular formula is C29H28Cl2N4O4. The lowest BCUT2D eigenvalue weighted by Crippen LogP contribution is -2.54. The predicted octanol–water partition coefficient (Wildman–Crippen LogP) is 5.88. The maximum absolute atomic E-state index is 13.6. The molecule has 0 saturated carbocycles. The third kappa shape index (κ3) is 6.02. The standard InChI is InChI=1S/C29H28Cl2N4O4/c1-17(36)18-8-6-9-19(14-18)34-28(38)33-15-25(37)29(2)27(32-3)26(20-10-4-5-13-24(20)35-29)39-16-21-22(30)11-7-12-23(21)31/h4-14,32,35H,15-16H2,1-3H3,(H2,33,34,38). The molecule has 0 aliphatic carbocycles. The summed E-state index contributed by atoms with van der Waals surface area (Å²) in [7, 11) is 1.70. The molecule has 1 unspecified atom stereocenters. The molecule has 0 bridgehead atoms. The monoisotopic (exact) mass is 566 g/mol. The van der Waals surface area contributed by atoms with Gasteiger partial charge in [-0.15, -0.1) is 0 Å². The van der Waals surface area contributed by atoms with Crippen LogP contribution in [0, 0.1) is 0 Å². The quantitative estimate of drug-likeness (QED) is 0.241. The normalized spacial score (nSPS) is 16.0. The summed E-state index contributed by atoms with van der Waals surface area (Å²) in [4.78, 5) is 37.8. The molecule has 1 aliphatic rings. The van der Waals surface area contributed by atoms with Crippen molar-refractivity contribution in [3.05, 3.63) is 99.2 Å². The van der Waals surface area contributed by atoms with Crippen LogP contribution >= 0.6 is 23.2 Å². The summed E-state index contributed by atoms with van der Waals surface area (Å²) in [5, 5.41) is 12.6. The number of amides is 2. The van der Waals surface area contributed by atoms with Gasteiger partial charge in [0.25, 0.3) is 0 Å². The lowest BCUT2D eigenvalue weighted by molar-refractivity contribution is -0.121. The number of urea groups is 1. The Morgan fingerprint density at radius 3 is 2.36 bits per heavy atom. The van der Waals surface area contributed by atoms with Gasteiger partial charge in [-0.1, -0.05) is 53.5 Å². The Kier molecular flexibility index (Phi) is 8.47. The van der Waals surface area contributed by atoms with Crippen LogP contribution in [0.25, 0.3) is 5.76 Å². The van der Waals surface area contributed by atoms with Crippen molar-refractivity contribution >= 4 is 57.9 Å². The average Bonchev–Trinajstić information content (AvgIpc) is 2.91. The van der Waals surface area contributed by atoms with E-state index >= 15 is 0 Å². The topological polar surface area (TPSA) is 109 Å². The summed E-state index contributed by atoms with van der Waals surface area (Å²) in [6.07, 6.45) is 0. The van der Waals surface area contributed by atoms with Crippen molar-refractivity contribution in [3.63, 3.8) is 0 Å². The molecule has 2 amide bonds. The van der Waals surface area contributed by atoms with Gasteiger partial charge in [-0.25, -0.2) is 4.79 Å². The number of hydrogen-bond acceptors (Lipinski definition) is 6. The van der Waals surface area contributed by atoms with Gasteiger partial charge in [0.15, 0.2) is 17.3 Å². The van der Waals surface area contributed by atoms with E-state index in [2.05, 4.69) is 21.3 Å². The predicted molar refractivity (Wildman–Crippen MR) is 154 cm³/mol. The highest BCUT2D eigenvalue weighted by atomic mass is 35.5. The van der Waals surface area contributed by atoms with E-state index in [1.54, 1.807) is 56.4 Å². The van der Waals surface area contributed by atoms with Crippen LogP contribution in [0.5, 0.6) is 0 Å². The molecule has 202 valence electrons. The summed E-state index contributed by atoms with van der Waals surface area (Å²) in [5.41, 5.74) is 2.21. The largest absolute Gasteiger partial charge is 0.486 e. The van der Waals surface area contributed by atoms with Gasteiger partial charge < -0.3 is 26.0 Å². The number of ether oxygens (including phenoxy) is 1. The molecule has 0 fully saturated rings. The molecule has 3 aromatic carbocycles. The second-order valence-corrected chi connectivity index (χ2v) is 9.92. The molecule has 0 aromatic heterocycles. The summed E-state index contributed by atoms with van der Waals surface area (Å²) < 4.78 is 6.27. The zero-order valence-electron chi connectivity index (χ0n) is 21.7. The Balaban J connectivity index is 1.56. The van der Waals surface area contributed by atoms with Crippen molar-refractivity contribution in [2.45, 2.75) is 26.0 Å². The van der Waals surface area contributed by atoms with E-state index < -0.39 is 11.6 Å². The maximum Gasteiger partial charge on any atom is 0.319 e. The van der Waals surface area contributed by atoms with Gasteiger partial charge in [-0.05, 0) is 50.2 Å². The Hall–Kier alpha value is -4.01. The van der Waals surface area contributed by atoms with Crippen LogP contribution < -0.4 is 21.3 Å². The van der Waals surface area contributed by atoms with Crippen molar-refractivity contribution in [1.82, 2.24) is 10.6 Å². The molecule has 39 heavy (non-hydrogen) atoms. The van der Waals surface area contributed by atoms with Crippen LogP contribution in [0.2, 0.25) is 10.0 Å². The first kappa shape index (κ1) is 28.0. The van der Waals surface area contributed by atoms with Crippen LogP contribution in [0.1, 0.15) is 35.3 Å².